The number of carboxylic acid groups (broad SMARTS) is 1. The minimum absolute atomic E-state index is 0.278. The molecule has 1 aliphatic carbocycles. The molecule has 2 aromatic rings. The highest BCUT2D eigenvalue weighted by Gasteiger charge is 2.25. The molecule has 1 aliphatic rings. The number of carboxylic acids is 1. The van der Waals surface area contributed by atoms with Crippen molar-refractivity contribution in [2.75, 3.05) is 23.3 Å². The van der Waals surface area contributed by atoms with E-state index in [0.29, 0.717) is 17.9 Å². The number of anilines is 2. The Balaban J connectivity index is 1.66. The predicted octanol–water partition coefficient (Wildman–Crippen LogP) is 3.23. The summed E-state index contributed by atoms with van der Waals surface area (Å²) >= 11 is 0. The molecule has 3 N–H and O–H groups in total. The summed E-state index contributed by atoms with van der Waals surface area (Å²) in [6.45, 7) is 7.96. The third kappa shape index (κ3) is 6.49. The number of carbonyl (C=O) groups excluding carboxylic acids is 1. The molecule has 31 heavy (non-hydrogen) atoms. The monoisotopic (exact) mass is 425 g/mol. The fraction of sp³-hybridized carbons (Fsp3) is 0.478. The van der Waals surface area contributed by atoms with Crippen LogP contribution in [0.3, 0.4) is 0 Å². The lowest BCUT2D eigenvalue weighted by Crippen LogP contribution is -2.33. The molecule has 0 saturated heterocycles. The Hall–Kier alpha value is -3.00. The number of carbonyl (C=O) groups is 2. The standard InChI is InChI=1S/C23H31N5O3/c1-4-9-28(13-17-5-6-17)21-11-20(25-14-26-21)22(29)27-19-8-7-18(10-15(19)2)12-24-16(3)23(30)31/h7-8,10-11,14,16-17,24H,4-6,9,12-13H2,1-3H3,(H,27,29)(H,30,31). The number of nitrogens with one attached hydrogen (secondary N) is 2. The van der Waals surface area contributed by atoms with E-state index in [2.05, 4.69) is 32.4 Å². The van der Waals surface area contributed by atoms with Crippen LogP contribution in [0, 0.1) is 12.8 Å². The van der Waals surface area contributed by atoms with Crippen molar-refractivity contribution < 1.29 is 14.7 Å². The lowest BCUT2D eigenvalue weighted by molar-refractivity contribution is -0.139. The maximum Gasteiger partial charge on any atom is 0.320 e. The van der Waals surface area contributed by atoms with E-state index in [9.17, 15) is 9.59 Å². The lowest BCUT2D eigenvalue weighted by Gasteiger charge is -2.23. The second-order valence-corrected chi connectivity index (χ2v) is 8.20. The van der Waals surface area contributed by atoms with Gasteiger partial charge >= 0.3 is 5.97 Å². The molecule has 1 aromatic heterocycles. The van der Waals surface area contributed by atoms with E-state index in [0.717, 1.165) is 42.4 Å². The number of nitrogens with zero attached hydrogens (tertiary/aromatic N) is 3. The summed E-state index contributed by atoms with van der Waals surface area (Å²) in [6, 6.07) is 6.76. The van der Waals surface area contributed by atoms with E-state index in [-0.39, 0.29) is 5.91 Å². The Morgan fingerprint density at radius 2 is 2.03 bits per heavy atom. The highest BCUT2D eigenvalue weighted by Crippen LogP contribution is 2.31. The number of aliphatic carboxylic acids is 1. The van der Waals surface area contributed by atoms with Gasteiger partial charge in [-0.1, -0.05) is 19.1 Å². The first-order chi connectivity index (χ1) is 14.9. The number of hydrogen-bond acceptors (Lipinski definition) is 6. The van der Waals surface area contributed by atoms with Crippen molar-refractivity contribution in [3.05, 3.63) is 47.4 Å². The third-order valence-electron chi connectivity index (χ3n) is 5.40. The molecule has 8 nitrogen and oxygen atoms in total. The predicted molar refractivity (Wildman–Crippen MR) is 120 cm³/mol. The number of amides is 1. The fourth-order valence-electron chi connectivity index (χ4n) is 3.35. The molecule has 1 atom stereocenters. The zero-order chi connectivity index (χ0) is 22.4. The molecule has 0 radical (unpaired) electrons. The second kappa shape index (κ2) is 10.3. The Kier molecular flexibility index (Phi) is 7.57. The molecule has 3 rings (SSSR count). The second-order valence-electron chi connectivity index (χ2n) is 8.20. The van der Waals surface area contributed by atoms with Crippen LogP contribution in [0.4, 0.5) is 11.5 Å². The van der Waals surface area contributed by atoms with Crippen molar-refractivity contribution in [3.8, 4) is 0 Å². The van der Waals surface area contributed by atoms with Gasteiger partial charge < -0.3 is 20.6 Å². The van der Waals surface area contributed by atoms with Crippen LogP contribution in [0.1, 0.15) is 54.7 Å². The Morgan fingerprint density at radius 1 is 1.26 bits per heavy atom. The average Bonchev–Trinajstić information content (AvgIpc) is 3.57. The molecule has 1 fully saturated rings. The molecule has 1 heterocycles. The first-order valence-corrected chi connectivity index (χ1v) is 10.8. The normalized spacial score (nSPS) is 14.2. The summed E-state index contributed by atoms with van der Waals surface area (Å²) in [7, 11) is 0. The summed E-state index contributed by atoms with van der Waals surface area (Å²) < 4.78 is 0. The van der Waals surface area contributed by atoms with Gasteiger partial charge in [0.1, 0.15) is 23.9 Å². The van der Waals surface area contributed by atoms with E-state index in [1.54, 1.807) is 13.0 Å². The molecule has 0 spiro atoms. The maximum absolute atomic E-state index is 12.8. The van der Waals surface area contributed by atoms with Gasteiger partial charge in [0.2, 0.25) is 0 Å². The van der Waals surface area contributed by atoms with Crippen LogP contribution in [-0.2, 0) is 11.3 Å². The number of benzene rings is 1. The molecule has 1 saturated carbocycles. The summed E-state index contributed by atoms with van der Waals surface area (Å²) in [6.07, 6.45) is 4.99. The van der Waals surface area contributed by atoms with E-state index in [1.807, 2.05) is 25.1 Å². The highest BCUT2D eigenvalue weighted by molar-refractivity contribution is 6.03. The van der Waals surface area contributed by atoms with Crippen LogP contribution in [0.5, 0.6) is 0 Å². The zero-order valence-electron chi connectivity index (χ0n) is 18.4. The van der Waals surface area contributed by atoms with Crippen molar-refractivity contribution >= 4 is 23.4 Å². The minimum atomic E-state index is -0.889. The van der Waals surface area contributed by atoms with E-state index < -0.39 is 12.0 Å². The smallest absolute Gasteiger partial charge is 0.320 e. The summed E-state index contributed by atoms with van der Waals surface area (Å²) in [5, 5.41) is 14.8. The van der Waals surface area contributed by atoms with Crippen LogP contribution >= 0.6 is 0 Å². The van der Waals surface area contributed by atoms with Crippen molar-refractivity contribution in [3.63, 3.8) is 0 Å². The minimum Gasteiger partial charge on any atom is -0.480 e. The molecule has 166 valence electrons. The van der Waals surface area contributed by atoms with Gasteiger partial charge in [0.25, 0.3) is 5.91 Å². The SMILES string of the molecule is CCCN(CC1CC1)c1cc(C(=O)Nc2ccc(CNC(C)C(=O)O)cc2C)ncn1. The molecule has 1 unspecified atom stereocenters. The van der Waals surface area contributed by atoms with Crippen LogP contribution in [0.15, 0.2) is 30.6 Å². The molecule has 1 amide bonds. The van der Waals surface area contributed by atoms with Gasteiger partial charge in [0, 0.05) is 31.4 Å². The largest absolute Gasteiger partial charge is 0.480 e. The van der Waals surface area contributed by atoms with Gasteiger partial charge in [-0.3, -0.25) is 9.59 Å². The van der Waals surface area contributed by atoms with Gasteiger partial charge in [-0.05, 0) is 56.2 Å². The zero-order valence-corrected chi connectivity index (χ0v) is 18.4. The summed E-state index contributed by atoms with van der Waals surface area (Å²) in [4.78, 5) is 34.5. The molecule has 0 bridgehead atoms. The summed E-state index contributed by atoms with van der Waals surface area (Å²) in [5.74, 6) is 0.354. The van der Waals surface area contributed by atoms with Crippen LogP contribution < -0.4 is 15.5 Å². The van der Waals surface area contributed by atoms with E-state index in [4.69, 9.17) is 5.11 Å². The first-order valence-electron chi connectivity index (χ1n) is 10.8. The maximum atomic E-state index is 12.8. The van der Waals surface area contributed by atoms with Crippen LogP contribution in [0.25, 0.3) is 0 Å². The average molecular weight is 426 g/mol. The lowest BCUT2D eigenvalue weighted by atomic mass is 10.1. The quantitative estimate of drug-likeness (QED) is 0.507. The first kappa shape index (κ1) is 22.7. The van der Waals surface area contributed by atoms with Crippen molar-refractivity contribution in [2.45, 2.75) is 52.6 Å². The van der Waals surface area contributed by atoms with Gasteiger partial charge in [-0.25, -0.2) is 9.97 Å². The number of aromatic nitrogens is 2. The van der Waals surface area contributed by atoms with E-state index >= 15 is 0 Å². The van der Waals surface area contributed by atoms with Crippen LogP contribution in [-0.4, -0.2) is 46.1 Å². The highest BCUT2D eigenvalue weighted by atomic mass is 16.4. The Labute approximate surface area is 183 Å². The van der Waals surface area contributed by atoms with E-state index in [1.165, 1.54) is 19.2 Å². The number of hydrogen-bond donors (Lipinski definition) is 3. The molecular formula is C23H31N5O3. The molecule has 8 heteroatoms. The third-order valence-corrected chi connectivity index (χ3v) is 5.40. The fourth-order valence-corrected chi connectivity index (χ4v) is 3.35. The molecular weight excluding hydrogens is 394 g/mol. The van der Waals surface area contributed by atoms with Crippen LogP contribution in [0.2, 0.25) is 0 Å². The summed E-state index contributed by atoms with van der Waals surface area (Å²) in [5.41, 5.74) is 2.88. The number of rotatable bonds is 11. The number of aryl methyl sites for hydroxylation is 1. The van der Waals surface area contributed by atoms with Gasteiger partial charge in [-0.15, -0.1) is 0 Å². The van der Waals surface area contributed by atoms with Crippen molar-refractivity contribution in [1.29, 1.82) is 0 Å². The molecule has 1 aromatic carbocycles. The van der Waals surface area contributed by atoms with Gasteiger partial charge in [0.15, 0.2) is 0 Å². The molecule has 0 aliphatic heterocycles. The van der Waals surface area contributed by atoms with Crippen molar-refractivity contribution in [2.24, 2.45) is 5.92 Å². The van der Waals surface area contributed by atoms with Gasteiger partial charge in [0.05, 0.1) is 0 Å². The van der Waals surface area contributed by atoms with Crippen molar-refractivity contribution in [1.82, 2.24) is 15.3 Å². The Morgan fingerprint density at radius 3 is 2.68 bits per heavy atom. The van der Waals surface area contributed by atoms with Gasteiger partial charge in [-0.2, -0.15) is 0 Å². The Bertz CT molecular complexity index is 929. The topological polar surface area (TPSA) is 107 Å².